The van der Waals surface area contributed by atoms with Gasteiger partial charge in [0.2, 0.25) is 0 Å². The van der Waals surface area contributed by atoms with Crippen molar-refractivity contribution < 1.29 is 0 Å². The number of nitrogens with zero attached hydrogens (tertiary/aromatic N) is 2. The van der Waals surface area contributed by atoms with Crippen molar-refractivity contribution in [3.63, 3.8) is 0 Å². The lowest BCUT2D eigenvalue weighted by molar-refractivity contribution is 1.16. The number of hydrogen-bond acceptors (Lipinski definition) is 2. The van der Waals surface area contributed by atoms with Crippen LogP contribution in [0.2, 0.25) is 0 Å². The van der Waals surface area contributed by atoms with E-state index in [1.807, 2.05) is 12.2 Å². The molecular formula is C22H20N2. The Balaban J connectivity index is 1.82. The fourth-order valence-corrected chi connectivity index (χ4v) is 2.32. The number of rotatable bonds is 4. The molecule has 0 spiro atoms. The molecule has 1 heterocycles. The van der Waals surface area contributed by atoms with E-state index in [0.717, 1.165) is 22.5 Å². The quantitative estimate of drug-likeness (QED) is 0.641. The van der Waals surface area contributed by atoms with Crippen molar-refractivity contribution in [3.05, 3.63) is 94.6 Å². The zero-order valence-electron chi connectivity index (χ0n) is 14.0. The maximum absolute atomic E-state index is 4.44. The number of hydrogen-bond donors (Lipinski definition) is 0. The second-order valence-corrected chi connectivity index (χ2v) is 5.81. The van der Waals surface area contributed by atoms with Gasteiger partial charge in [0, 0.05) is 12.4 Å². The molecule has 0 aliphatic rings. The Hall–Kier alpha value is -3.00. The first-order chi connectivity index (χ1) is 11.7. The van der Waals surface area contributed by atoms with Gasteiger partial charge >= 0.3 is 0 Å². The Kier molecular flexibility index (Phi) is 4.97. The van der Waals surface area contributed by atoms with Crippen LogP contribution in [0, 0.1) is 13.8 Å². The standard InChI is InChI=1S/C22H20N2/c1-17-3-7-19(8-4-17)11-13-21-22(24-16-15-23-21)14-12-20-9-5-18(2)6-10-20/h3-16H,1-2H3. The maximum atomic E-state index is 4.44. The Morgan fingerprint density at radius 2 is 0.917 bits per heavy atom. The summed E-state index contributed by atoms with van der Waals surface area (Å²) >= 11 is 0. The molecule has 0 aliphatic carbocycles. The third-order valence-electron chi connectivity index (χ3n) is 3.78. The Labute approximate surface area is 143 Å². The van der Waals surface area contributed by atoms with Gasteiger partial charge in [-0.3, -0.25) is 9.97 Å². The van der Waals surface area contributed by atoms with Gasteiger partial charge in [0.25, 0.3) is 0 Å². The van der Waals surface area contributed by atoms with Crippen molar-refractivity contribution >= 4 is 24.3 Å². The molecule has 3 rings (SSSR count). The second-order valence-electron chi connectivity index (χ2n) is 5.81. The summed E-state index contributed by atoms with van der Waals surface area (Å²) in [6.07, 6.45) is 11.6. The van der Waals surface area contributed by atoms with E-state index in [-0.39, 0.29) is 0 Å². The molecule has 0 saturated heterocycles. The van der Waals surface area contributed by atoms with Crippen LogP contribution < -0.4 is 0 Å². The molecule has 3 aromatic rings. The van der Waals surface area contributed by atoms with Gasteiger partial charge < -0.3 is 0 Å². The topological polar surface area (TPSA) is 25.8 Å². The monoisotopic (exact) mass is 312 g/mol. The molecule has 0 fully saturated rings. The summed E-state index contributed by atoms with van der Waals surface area (Å²) in [6, 6.07) is 16.8. The molecule has 0 radical (unpaired) electrons. The molecule has 0 N–H and O–H groups in total. The molecule has 2 aromatic carbocycles. The highest BCUT2D eigenvalue weighted by Gasteiger charge is 1.98. The van der Waals surface area contributed by atoms with Crippen molar-refractivity contribution in [2.24, 2.45) is 0 Å². The van der Waals surface area contributed by atoms with Crippen LogP contribution in [0.4, 0.5) is 0 Å². The Bertz CT molecular complexity index is 783. The first kappa shape index (κ1) is 15.9. The summed E-state index contributed by atoms with van der Waals surface area (Å²) in [6.45, 7) is 4.17. The molecule has 0 aliphatic heterocycles. The van der Waals surface area contributed by atoms with Crippen LogP contribution in [0.25, 0.3) is 24.3 Å². The molecular weight excluding hydrogens is 292 g/mol. The predicted molar refractivity (Wildman–Crippen MR) is 102 cm³/mol. The minimum Gasteiger partial charge on any atom is -0.253 e. The van der Waals surface area contributed by atoms with Gasteiger partial charge in [-0.05, 0) is 37.1 Å². The van der Waals surface area contributed by atoms with Crippen LogP contribution >= 0.6 is 0 Å². The number of aryl methyl sites for hydroxylation is 2. The third-order valence-corrected chi connectivity index (χ3v) is 3.78. The molecule has 0 bridgehead atoms. The largest absolute Gasteiger partial charge is 0.253 e. The van der Waals surface area contributed by atoms with E-state index >= 15 is 0 Å². The summed E-state index contributed by atoms with van der Waals surface area (Å²) in [4.78, 5) is 8.87. The zero-order chi connectivity index (χ0) is 16.8. The molecule has 0 saturated carbocycles. The molecule has 1 aromatic heterocycles. The van der Waals surface area contributed by atoms with Crippen LogP contribution in [-0.2, 0) is 0 Å². The highest BCUT2D eigenvalue weighted by Crippen LogP contribution is 2.13. The average molecular weight is 312 g/mol. The first-order valence-corrected chi connectivity index (χ1v) is 8.01. The van der Waals surface area contributed by atoms with E-state index in [1.54, 1.807) is 12.4 Å². The van der Waals surface area contributed by atoms with Crippen LogP contribution in [0.1, 0.15) is 33.6 Å². The van der Waals surface area contributed by atoms with Crippen molar-refractivity contribution in [2.75, 3.05) is 0 Å². The molecule has 118 valence electrons. The number of benzene rings is 2. The van der Waals surface area contributed by atoms with Crippen molar-refractivity contribution in [1.29, 1.82) is 0 Å². The minimum absolute atomic E-state index is 0.862. The summed E-state index contributed by atoms with van der Waals surface area (Å²) in [5.74, 6) is 0. The lowest BCUT2D eigenvalue weighted by atomic mass is 10.1. The average Bonchev–Trinajstić information content (AvgIpc) is 2.61. The highest BCUT2D eigenvalue weighted by molar-refractivity contribution is 5.76. The molecule has 2 heteroatoms. The van der Waals surface area contributed by atoms with E-state index in [4.69, 9.17) is 0 Å². The fraction of sp³-hybridized carbons (Fsp3) is 0.0909. The van der Waals surface area contributed by atoms with Crippen molar-refractivity contribution in [3.8, 4) is 0 Å². The lowest BCUT2D eigenvalue weighted by Crippen LogP contribution is -1.89. The lowest BCUT2D eigenvalue weighted by Gasteiger charge is -2.00. The number of aromatic nitrogens is 2. The normalized spacial score (nSPS) is 11.4. The molecule has 0 amide bonds. The van der Waals surface area contributed by atoms with Gasteiger partial charge in [-0.1, -0.05) is 71.8 Å². The Morgan fingerprint density at radius 3 is 1.29 bits per heavy atom. The summed E-state index contributed by atoms with van der Waals surface area (Å²) < 4.78 is 0. The van der Waals surface area contributed by atoms with Gasteiger partial charge in [0.05, 0.1) is 11.4 Å². The SMILES string of the molecule is Cc1ccc(C=Cc2nccnc2C=Cc2ccc(C)cc2)cc1. The van der Waals surface area contributed by atoms with Gasteiger partial charge in [-0.15, -0.1) is 0 Å². The predicted octanol–water partition coefficient (Wildman–Crippen LogP) is 5.43. The van der Waals surface area contributed by atoms with Crippen LogP contribution in [0.3, 0.4) is 0 Å². The smallest absolute Gasteiger partial charge is 0.0886 e. The minimum atomic E-state index is 0.862. The van der Waals surface area contributed by atoms with Gasteiger partial charge in [-0.25, -0.2) is 0 Å². The first-order valence-electron chi connectivity index (χ1n) is 8.01. The van der Waals surface area contributed by atoms with Gasteiger partial charge in [-0.2, -0.15) is 0 Å². The van der Waals surface area contributed by atoms with Crippen LogP contribution in [0.15, 0.2) is 60.9 Å². The van der Waals surface area contributed by atoms with Crippen LogP contribution in [0.5, 0.6) is 0 Å². The van der Waals surface area contributed by atoms with Gasteiger partial charge in [0.15, 0.2) is 0 Å². The van der Waals surface area contributed by atoms with Gasteiger partial charge in [0.1, 0.15) is 0 Å². The fourth-order valence-electron chi connectivity index (χ4n) is 2.32. The summed E-state index contributed by atoms with van der Waals surface area (Å²) in [5.41, 5.74) is 6.55. The molecule has 0 unspecified atom stereocenters. The zero-order valence-corrected chi connectivity index (χ0v) is 14.0. The van der Waals surface area contributed by atoms with Crippen molar-refractivity contribution in [2.45, 2.75) is 13.8 Å². The Morgan fingerprint density at radius 1 is 0.542 bits per heavy atom. The summed E-state index contributed by atoms with van der Waals surface area (Å²) in [5, 5.41) is 0. The van der Waals surface area contributed by atoms with E-state index in [9.17, 15) is 0 Å². The molecule has 2 nitrogen and oxygen atoms in total. The highest BCUT2D eigenvalue weighted by atomic mass is 14.8. The van der Waals surface area contributed by atoms with E-state index < -0.39 is 0 Å². The third kappa shape index (κ3) is 4.26. The molecule has 24 heavy (non-hydrogen) atoms. The van der Waals surface area contributed by atoms with E-state index in [1.165, 1.54) is 11.1 Å². The second kappa shape index (κ2) is 7.51. The van der Waals surface area contributed by atoms with Crippen molar-refractivity contribution in [1.82, 2.24) is 9.97 Å². The van der Waals surface area contributed by atoms with E-state index in [0.29, 0.717) is 0 Å². The molecule has 0 atom stereocenters. The summed E-state index contributed by atoms with van der Waals surface area (Å²) in [7, 11) is 0. The maximum Gasteiger partial charge on any atom is 0.0886 e. The van der Waals surface area contributed by atoms with Crippen LogP contribution in [-0.4, -0.2) is 9.97 Å². The van der Waals surface area contributed by atoms with E-state index in [2.05, 4.69) is 84.5 Å².